The maximum absolute atomic E-state index is 3.43. The van der Waals surface area contributed by atoms with E-state index in [1.165, 1.54) is 44.6 Å². The van der Waals surface area contributed by atoms with Crippen LogP contribution in [0.4, 0.5) is 0 Å². The van der Waals surface area contributed by atoms with E-state index in [4.69, 9.17) is 0 Å². The average molecular weight is 204 g/mol. The lowest BCUT2D eigenvalue weighted by Gasteiger charge is -2.19. The summed E-state index contributed by atoms with van der Waals surface area (Å²) in [6, 6.07) is 10.8. The molecule has 0 radical (unpaired) electrons. The van der Waals surface area contributed by atoms with E-state index in [0.29, 0.717) is 0 Å². The molecule has 1 aromatic carbocycles. The van der Waals surface area contributed by atoms with E-state index < -0.39 is 0 Å². The summed E-state index contributed by atoms with van der Waals surface area (Å²) in [5.74, 6) is 0. The van der Waals surface area contributed by atoms with Gasteiger partial charge in [0.2, 0.25) is 0 Å². The largest absolute Gasteiger partial charge is 0.315 e. The zero-order valence-corrected chi connectivity index (χ0v) is 9.28. The van der Waals surface area contributed by atoms with E-state index in [1.54, 1.807) is 0 Å². The fourth-order valence-electron chi connectivity index (χ4n) is 2.06. The van der Waals surface area contributed by atoms with Crippen molar-refractivity contribution >= 4 is 0 Å². The molecule has 0 saturated carbocycles. The molecule has 0 aliphatic carbocycles. The summed E-state index contributed by atoms with van der Waals surface area (Å²) in [6.45, 7) is 5.98. The monoisotopic (exact) mass is 204 g/mol. The van der Waals surface area contributed by atoms with Crippen LogP contribution in [-0.4, -0.2) is 37.6 Å². The summed E-state index contributed by atoms with van der Waals surface area (Å²) in [5.41, 5.74) is 1.45. The number of hydrogen-bond acceptors (Lipinski definition) is 2. The zero-order chi connectivity index (χ0) is 10.3. The summed E-state index contributed by atoms with van der Waals surface area (Å²) < 4.78 is 0. The van der Waals surface area contributed by atoms with Crippen molar-refractivity contribution in [1.82, 2.24) is 10.2 Å². The van der Waals surface area contributed by atoms with Gasteiger partial charge in [0, 0.05) is 19.6 Å². The van der Waals surface area contributed by atoms with Crippen molar-refractivity contribution in [3.05, 3.63) is 35.9 Å². The lowest BCUT2D eigenvalue weighted by Crippen LogP contribution is -2.30. The molecule has 1 N–H and O–H groups in total. The minimum atomic E-state index is 1.15. The van der Waals surface area contributed by atoms with E-state index in [1.807, 2.05) is 0 Å². The van der Waals surface area contributed by atoms with Crippen LogP contribution in [0.15, 0.2) is 30.3 Å². The molecule has 2 rings (SSSR count). The summed E-state index contributed by atoms with van der Waals surface area (Å²) in [7, 11) is 0. The van der Waals surface area contributed by atoms with Crippen LogP contribution in [0.25, 0.3) is 0 Å². The topological polar surface area (TPSA) is 15.3 Å². The van der Waals surface area contributed by atoms with Crippen molar-refractivity contribution in [1.29, 1.82) is 0 Å². The van der Waals surface area contributed by atoms with Crippen LogP contribution in [0, 0.1) is 0 Å². The van der Waals surface area contributed by atoms with Gasteiger partial charge in [-0.15, -0.1) is 0 Å². The Labute approximate surface area is 92.3 Å². The van der Waals surface area contributed by atoms with Crippen molar-refractivity contribution in [2.75, 3.05) is 32.7 Å². The van der Waals surface area contributed by atoms with Crippen LogP contribution < -0.4 is 5.32 Å². The first-order chi connectivity index (χ1) is 7.45. The van der Waals surface area contributed by atoms with Crippen molar-refractivity contribution in [2.24, 2.45) is 0 Å². The van der Waals surface area contributed by atoms with Gasteiger partial charge < -0.3 is 10.2 Å². The molecule has 82 valence electrons. The second-order valence-corrected chi connectivity index (χ2v) is 4.18. The molecule has 1 aromatic rings. The fourth-order valence-corrected chi connectivity index (χ4v) is 2.06. The van der Waals surface area contributed by atoms with E-state index in [0.717, 1.165) is 6.54 Å². The second kappa shape index (κ2) is 5.89. The SMILES string of the molecule is c1ccc(CCN2CCCNCC2)cc1. The van der Waals surface area contributed by atoms with Crippen LogP contribution >= 0.6 is 0 Å². The van der Waals surface area contributed by atoms with Crippen LogP contribution in [0.5, 0.6) is 0 Å². The maximum atomic E-state index is 3.43. The van der Waals surface area contributed by atoms with E-state index in [-0.39, 0.29) is 0 Å². The third-order valence-electron chi connectivity index (χ3n) is 2.99. The summed E-state index contributed by atoms with van der Waals surface area (Å²) >= 11 is 0. The van der Waals surface area contributed by atoms with Crippen LogP contribution in [-0.2, 0) is 6.42 Å². The third-order valence-corrected chi connectivity index (χ3v) is 2.99. The highest BCUT2D eigenvalue weighted by Crippen LogP contribution is 2.02. The minimum Gasteiger partial charge on any atom is -0.315 e. The van der Waals surface area contributed by atoms with Gasteiger partial charge in [-0.05, 0) is 31.5 Å². The Bertz CT molecular complexity index is 263. The number of nitrogens with zero attached hydrogens (tertiary/aromatic N) is 1. The molecule has 1 aliphatic rings. The van der Waals surface area contributed by atoms with Gasteiger partial charge in [0.15, 0.2) is 0 Å². The van der Waals surface area contributed by atoms with Crippen molar-refractivity contribution in [2.45, 2.75) is 12.8 Å². The lowest BCUT2D eigenvalue weighted by molar-refractivity contribution is 0.296. The Kier molecular flexibility index (Phi) is 4.18. The number of rotatable bonds is 3. The summed E-state index contributed by atoms with van der Waals surface area (Å²) in [4.78, 5) is 2.56. The molecule has 15 heavy (non-hydrogen) atoms. The predicted molar refractivity (Wildman–Crippen MR) is 64.1 cm³/mol. The standard InChI is InChI=1S/C13H20N2/c1-2-5-13(6-3-1)7-11-15-10-4-8-14-9-12-15/h1-3,5-6,14H,4,7-12H2. The summed E-state index contributed by atoms with van der Waals surface area (Å²) in [6.07, 6.45) is 2.47. The first-order valence-electron chi connectivity index (χ1n) is 5.92. The highest BCUT2D eigenvalue weighted by Gasteiger charge is 2.07. The maximum Gasteiger partial charge on any atom is 0.0107 e. The van der Waals surface area contributed by atoms with Crippen molar-refractivity contribution in [3.63, 3.8) is 0 Å². The molecule has 1 saturated heterocycles. The van der Waals surface area contributed by atoms with E-state index >= 15 is 0 Å². The molecule has 1 heterocycles. The molecule has 1 fully saturated rings. The molecule has 0 bridgehead atoms. The molecule has 0 spiro atoms. The fraction of sp³-hybridized carbons (Fsp3) is 0.538. The quantitative estimate of drug-likeness (QED) is 0.803. The lowest BCUT2D eigenvalue weighted by atomic mass is 10.1. The van der Waals surface area contributed by atoms with Crippen LogP contribution in [0.3, 0.4) is 0 Å². The van der Waals surface area contributed by atoms with Gasteiger partial charge in [0.25, 0.3) is 0 Å². The van der Waals surface area contributed by atoms with Gasteiger partial charge in [0.05, 0.1) is 0 Å². The van der Waals surface area contributed by atoms with Gasteiger partial charge in [0.1, 0.15) is 0 Å². The second-order valence-electron chi connectivity index (χ2n) is 4.18. The third kappa shape index (κ3) is 3.65. The van der Waals surface area contributed by atoms with Gasteiger partial charge >= 0.3 is 0 Å². The molecule has 1 aliphatic heterocycles. The van der Waals surface area contributed by atoms with E-state index in [9.17, 15) is 0 Å². The van der Waals surface area contributed by atoms with Gasteiger partial charge in [-0.25, -0.2) is 0 Å². The molecular formula is C13H20N2. The first-order valence-corrected chi connectivity index (χ1v) is 5.92. The van der Waals surface area contributed by atoms with Crippen LogP contribution in [0.2, 0.25) is 0 Å². The van der Waals surface area contributed by atoms with E-state index in [2.05, 4.69) is 40.5 Å². The van der Waals surface area contributed by atoms with Crippen molar-refractivity contribution < 1.29 is 0 Å². The number of benzene rings is 1. The van der Waals surface area contributed by atoms with Gasteiger partial charge in [-0.3, -0.25) is 0 Å². The normalized spacial score (nSPS) is 18.7. The van der Waals surface area contributed by atoms with Crippen molar-refractivity contribution in [3.8, 4) is 0 Å². The Morgan fingerprint density at radius 2 is 1.93 bits per heavy atom. The minimum absolute atomic E-state index is 1.15. The number of nitrogens with one attached hydrogen (secondary N) is 1. The average Bonchev–Trinajstić information content (AvgIpc) is 2.56. The Morgan fingerprint density at radius 1 is 1.07 bits per heavy atom. The number of hydrogen-bond donors (Lipinski definition) is 1. The van der Waals surface area contributed by atoms with Crippen LogP contribution in [0.1, 0.15) is 12.0 Å². The molecule has 0 unspecified atom stereocenters. The molecule has 0 amide bonds. The summed E-state index contributed by atoms with van der Waals surface area (Å²) in [5, 5.41) is 3.43. The first kappa shape index (κ1) is 10.7. The van der Waals surface area contributed by atoms with Gasteiger partial charge in [-0.2, -0.15) is 0 Å². The van der Waals surface area contributed by atoms with Gasteiger partial charge in [-0.1, -0.05) is 30.3 Å². The Hall–Kier alpha value is -0.860. The molecule has 0 atom stereocenters. The smallest absolute Gasteiger partial charge is 0.0107 e. The Balaban J connectivity index is 1.77. The highest BCUT2D eigenvalue weighted by atomic mass is 15.1. The molecular weight excluding hydrogens is 184 g/mol. The zero-order valence-electron chi connectivity index (χ0n) is 9.28. The highest BCUT2D eigenvalue weighted by molar-refractivity contribution is 5.14. The molecule has 0 aromatic heterocycles. The molecule has 2 heteroatoms. The molecule has 2 nitrogen and oxygen atoms in total. The predicted octanol–water partition coefficient (Wildman–Crippen LogP) is 1.52. The Morgan fingerprint density at radius 3 is 2.80 bits per heavy atom.